The quantitative estimate of drug-likeness (QED) is 0.159. The molecule has 12 aromatic carbocycles. The van der Waals surface area contributed by atoms with Crippen LogP contribution in [0, 0.1) is 0 Å². The van der Waals surface area contributed by atoms with Crippen molar-refractivity contribution in [2.75, 3.05) is 4.90 Å². The smallest absolute Gasteiger partial charge is 0.0702 e. The summed E-state index contributed by atoms with van der Waals surface area (Å²) in [4.78, 5) is 7.33. The zero-order valence-electron chi connectivity index (χ0n) is 43.4. The average molecular weight is 1020 g/mol. The summed E-state index contributed by atoms with van der Waals surface area (Å²) in [6, 6.07) is 103. The van der Waals surface area contributed by atoms with Crippen LogP contribution < -0.4 is 4.90 Å². The molecule has 0 unspecified atom stereocenters. The maximum absolute atomic E-state index is 4.82. The molecule has 0 fully saturated rings. The van der Waals surface area contributed by atoms with E-state index in [1.807, 2.05) is 12.3 Å². The van der Waals surface area contributed by atoms with Gasteiger partial charge in [0.15, 0.2) is 0 Å². The van der Waals surface area contributed by atoms with Crippen LogP contribution in [-0.4, -0.2) is 18.7 Å². The van der Waals surface area contributed by atoms with E-state index in [1.165, 1.54) is 87.4 Å². The van der Waals surface area contributed by atoms with Crippen LogP contribution in [0.3, 0.4) is 0 Å². The van der Waals surface area contributed by atoms with Crippen LogP contribution >= 0.6 is 0 Å². The molecular weight excluding hydrogens is 971 g/mol. The van der Waals surface area contributed by atoms with Crippen molar-refractivity contribution in [1.82, 2.24) is 18.7 Å². The Morgan fingerprint density at radius 1 is 0.250 bits per heavy atom. The van der Waals surface area contributed by atoms with E-state index >= 15 is 0 Å². The highest BCUT2D eigenvalue weighted by Gasteiger charge is 2.29. The Morgan fingerprint density at radius 2 is 0.725 bits per heavy atom. The van der Waals surface area contributed by atoms with Gasteiger partial charge in [0.25, 0.3) is 0 Å². The number of nitrogens with zero attached hydrogens (tertiary/aromatic N) is 5. The third kappa shape index (κ3) is 6.68. The summed E-state index contributed by atoms with van der Waals surface area (Å²) in [6.07, 6.45) is 1.88. The molecule has 5 heterocycles. The van der Waals surface area contributed by atoms with Crippen LogP contribution in [0.1, 0.15) is 0 Å². The van der Waals surface area contributed by atoms with Gasteiger partial charge in [-0.05, 0) is 161 Å². The van der Waals surface area contributed by atoms with Gasteiger partial charge >= 0.3 is 0 Å². The van der Waals surface area contributed by atoms with Crippen LogP contribution in [0.2, 0.25) is 0 Å². The number of pyridine rings is 1. The van der Waals surface area contributed by atoms with Gasteiger partial charge in [-0.3, -0.25) is 4.98 Å². The zero-order chi connectivity index (χ0) is 52.4. The molecule has 16 aromatic rings. The fourth-order valence-corrected chi connectivity index (χ4v) is 13.2. The second-order valence-electron chi connectivity index (χ2n) is 21.1. The average Bonchev–Trinajstić information content (AvgIpc) is 4.25. The summed E-state index contributed by atoms with van der Waals surface area (Å²) in [7, 11) is 0. The summed E-state index contributed by atoms with van der Waals surface area (Å²) in [5.41, 5.74) is 22.9. The Morgan fingerprint density at radius 3 is 1.36 bits per heavy atom. The molecule has 80 heavy (non-hydrogen) atoms. The number of hydrogen-bond donors (Lipinski definition) is 0. The highest BCUT2D eigenvalue weighted by molar-refractivity contribution is 6.20. The summed E-state index contributed by atoms with van der Waals surface area (Å²) in [6.45, 7) is 0. The predicted molar refractivity (Wildman–Crippen MR) is 335 cm³/mol. The molecule has 17 rings (SSSR count). The highest BCUT2D eigenvalue weighted by Crippen LogP contribution is 2.54. The Balaban J connectivity index is 0.868. The molecule has 0 spiro atoms. The Kier molecular flexibility index (Phi) is 9.64. The first-order chi connectivity index (χ1) is 39.7. The molecule has 1 aliphatic rings. The van der Waals surface area contributed by atoms with Gasteiger partial charge in [0.05, 0.1) is 50.2 Å². The molecule has 0 saturated heterocycles. The van der Waals surface area contributed by atoms with E-state index in [0.29, 0.717) is 0 Å². The zero-order valence-corrected chi connectivity index (χ0v) is 43.4. The number of hydrogen-bond acceptors (Lipinski definition) is 2. The van der Waals surface area contributed by atoms with E-state index in [1.54, 1.807) is 0 Å². The second kappa shape index (κ2) is 17.4. The molecule has 372 valence electrons. The van der Waals surface area contributed by atoms with Crippen molar-refractivity contribution < 1.29 is 0 Å². The number of aromatic nitrogens is 4. The summed E-state index contributed by atoms with van der Waals surface area (Å²) >= 11 is 0. The summed E-state index contributed by atoms with van der Waals surface area (Å²) in [5.74, 6) is 0. The summed E-state index contributed by atoms with van der Waals surface area (Å²) < 4.78 is 7.25. The molecule has 0 bridgehead atoms. The number of fused-ring (bicyclic) bond motifs is 11. The van der Waals surface area contributed by atoms with Crippen molar-refractivity contribution in [3.05, 3.63) is 285 Å². The first-order valence-corrected chi connectivity index (χ1v) is 27.4. The van der Waals surface area contributed by atoms with E-state index < -0.39 is 0 Å². The number of para-hydroxylation sites is 4. The fraction of sp³-hybridized carbons (Fsp3) is 0. The first kappa shape index (κ1) is 44.4. The van der Waals surface area contributed by atoms with Crippen molar-refractivity contribution in [2.24, 2.45) is 0 Å². The van der Waals surface area contributed by atoms with Gasteiger partial charge in [0.1, 0.15) is 0 Å². The molecule has 5 nitrogen and oxygen atoms in total. The van der Waals surface area contributed by atoms with Crippen molar-refractivity contribution in [3.63, 3.8) is 0 Å². The molecule has 0 aliphatic carbocycles. The molecular formula is C75H47N5. The van der Waals surface area contributed by atoms with Crippen molar-refractivity contribution >= 4 is 93.3 Å². The van der Waals surface area contributed by atoms with Crippen molar-refractivity contribution in [3.8, 4) is 61.7 Å². The topological polar surface area (TPSA) is 30.9 Å². The molecule has 0 amide bonds. The van der Waals surface area contributed by atoms with Crippen LogP contribution in [0.25, 0.3) is 138 Å². The van der Waals surface area contributed by atoms with Gasteiger partial charge in [-0.25, -0.2) is 0 Å². The van der Waals surface area contributed by atoms with Gasteiger partial charge in [-0.1, -0.05) is 152 Å². The van der Waals surface area contributed by atoms with Crippen LogP contribution in [0.4, 0.5) is 17.1 Å². The molecule has 0 atom stereocenters. The lowest BCUT2D eigenvalue weighted by molar-refractivity contribution is 1.18. The van der Waals surface area contributed by atoms with Gasteiger partial charge in [0.2, 0.25) is 0 Å². The molecule has 5 heteroatoms. The van der Waals surface area contributed by atoms with Crippen molar-refractivity contribution in [2.45, 2.75) is 0 Å². The van der Waals surface area contributed by atoms with Crippen LogP contribution in [-0.2, 0) is 0 Å². The maximum Gasteiger partial charge on any atom is 0.0702 e. The second-order valence-corrected chi connectivity index (χ2v) is 21.1. The third-order valence-electron chi connectivity index (χ3n) is 16.7. The van der Waals surface area contributed by atoms with Crippen LogP contribution in [0.5, 0.6) is 0 Å². The molecule has 0 saturated carbocycles. The number of benzene rings is 12. The SMILES string of the molecule is c1ccc(-n2c3ccccc3c3cc(-c4cccc(N5c6cc7c(cc6-c6cccc8cccc5c68)c5cc(-c6ccccn6)ccc5n7-c5cccc(-c6ccc7c(c6)c6ccccc6n7-c6ccccc6)c5)c4)ccc32)cc1. The largest absolute Gasteiger partial charge is 0.309 e. The van der Waals surface area contributed by atoms with Gasteiger partial charge in [0, 0.05) is 77.8 Å². The standard InChI is InChI=1S/C75H47N5/c1-3-21-54(22-4-1)77-67-31-9-7-27-58(67)61-43-51(34-37-69(61)77)49-19-13-25-56(41-49)79-71-39-36-53(66-30-11-12-40-76-66)45-63(71)65-46-64-60-29-15-17-48-18-16-33-72(75(48)60)80(73(64)47-74(65)79)57-26-14-20-50(42-57)52-35-38-70-62(44-52)59-28-8-10-32-68(59)78(70)55-23-5-2-6-24-55/h1-47H. The van der Waals surface area contributed by atoms with Crippen molar-refractivity contribution in [1.29, 1.82) is 0 Å². The maximum atomic E-state index is 4.82. The Bertz CT molecular complexity index is 5180. The lowest BCUT2D eigenvalue weighted by Crippen LogP contribution is -2.15. The third-order valence-corrected chi connectivity index (χ3v) is 16.7. The molecule has 0 N–H and O–H groups in total. The van der Waals surface area contributed by atoms with E-state index in [2.05, 4.69) is 292 Å². The van der Waals surface area contributed by atoms with Gasteiger partial charge in [-0.2, -0.15) is 0 Å². The van der Waals surface area contributed by atoms with Gasteiger partial charge < -0.3 is 18.6 Å². The van der Waals surface area contributed by atoms with E-state index in [9.17, 15) is 0 Å². The Hall–Kier alpha value is -10.8. The number of anilines is 3. The minimum absolute atomic E-state index is 0.949. The minimum atomic E-state index is 0.949. The Labute approximate surface area is 461 Å². The van der Waals surface area contributed by atoms with E-state index in [4.69, 9.17) is 4.98 Å². The fourth-order valence-electron chi connectivity index (χ4n) is 13.2. The lowest BCUT2D eigenvalue weighted by Gasteiger charge is -2.34. The number of rotatable bonds is 7. The van der Waals surface area contributed by atoms with Gasteiger partial charge in [-0.15, -0.1) is 0 Å². The van der Waals surface area contributed by atoms with E-state index in [-0.39, 0.29) is 0 Å². The molecule has 4 aromatic heterocycles. The van der Waals surface area contributed by atoms with Crippen LogP contribution in [0.15, 0.2) is 285 Å². The normalized spacial score (nSPS) is 12.2. The molecule has 1 aliphatic heterocycles. The minimum Gasteiger partial charge on any atom is -0.309 e. The monoisotopic (exact) mass is 1020 g/mol. The predicted octanol–water partition coefficient (Wildman–Crippen LogP) is 20.0. The highest BCUT2D eigenvalue weighted by atomic mass is 15.2. The summed E-state index contributed by atoms with van der Waals surface area (Å²) in [5, 5.41) is 9.76. The molecule has 0 radical (unpaired) electrons. The van der Waals surface area contributed by atoms with E-state index in [0.717, 1.165) is 67.5 Å². The first-order valence-electron chi connectivity index (χ1n) is 27.4. The lowest BCUT2D eigenvalue weighted by atomic mass is 9.89.